The van der Waals surface area contributed by atoms with Crippen LogP contribution in [0.5, 0.6) is 0 Å². The maximum atomic E-state index is 11.9. The Labute approximate surface area is 121 Å². The standard InChI is InChI=1S/C16H25N3O/c1-4-18-16(20)12-6-7-13(17)15(9-12)19-14-8-5-10(2)11(14)3/h6-7,9-11,14,19H,4-5,8,17H2,1-3H3,(H,18,20). The van der Waals surface area contributed by atoms with Crippen molar-refractivity contribution in [3.63, 3.8) is 0 Å². The summed E-state index contributed by atoms with van der Waals surface area (Å²) in [6.07, 6.45) is 2.40. The summed E-state index contributed by atoms with van der Waals surface area (Å²) >= 11 is 0. The second kappa shape index (κ2) is 6.16. The van der Waals surface area contributed by atoms with Crippen molar-refractivity contribution in [3.05, 3.63) is 23.8 Å². The largest absolute Gasteiger partial charge is 0.397 e. The molecule has 2 rings (SSSR count). The molecule has 4 nitrogen and oxygen atoms in total. The van der Waals surface area contributed by atoms with E-state index < -0.39 is 0 Å². The topological polar surface area (TPSA) is 67.2 Å². The summed E-state index contributed by atoms with van der Waals surface area (Å²) in [6, 6.07) is 5.87. The molecule has 20 heavy (non-hydrogen) atoms. The number of nitrogens with two attached hydrogens (primary N) is 1. The molecule has 3 unspecified atom stereocenters. The second-order valence-electron chi connectivity index (χ2n) is 5.83. The molecule has 3 atom stereocenters. The third-order valence-corrected chi connectivity index (χ3v) is 4.46. The minimum absolute atomic E-state index is 0.0524. The van der Waals surface area contributed by atoms with Crippen LogP contribution in [-0.4, -0.2) is 18.5 Å². The molecular formula is C16H25N3O. The van der Waals surface area contributed by atoms with E-state index in [9.17, 15) is 4.79 Å². The fraction of sp³-hybridized carbons (Fsp3) is 0.562. The van der Waals surface area contributed by atoms with E-state index in [0.29, 0.717) is 29.8 Å². The molecule has 4 heteroatoms. The number of amides is 1. The number of carbonyl (C=O) groups is 1. The lowest BCUT2D eigenvalue weighted by Crippen LogP contribution is -2.26. The van der Waals surface area contributed by atoms with Crippen LogP contribution in [-0.2, 0) is 0 Å². The maximum Gasteiger partial charge on any atom is 0.251 e. The van der Waals surface area contributed by atoms with Gasteiger partial charge in [0.15, 0.2) is 0 Å². The molecule has 0 aromatic heterocycles. The van der Waals surface area contributed by atoms with Crippen molar-refractivity contribution in [2.45, 2.75) is 39.7 Å². The van der Waals surface area contributed by atoms with Gasteiger partial charge in [0.1, 0.15) is 0 Å². The summed E-state index contributed by atoms with van der Waals surface area (Å²) in [5.74, 6) is 1.31. The highest BCUT2D eigenvalue weighted by molar-refractivity contribution is 5.96. The zero-order valence-electron chi connectivity index (χ0n) is 12.6. The van der Waals surface area contributed by atoms with Crippen LogP contribution in [0.25, 0.3) is 0 Å². The van der Waals surface area contributed by atoms with E-state index in [2.05, 4.69) is 24.5 Å². The molecule has 0 radical (unpaired) electrons. The molecule has 1 aromatic rings. The van der Waals surface area contributed by atoms with Crippen LogP contribution in [0.3, 0.4) is 0 Å². The molecule has 1 fully saturated rings. The van der Waals surface area contributed by atoms with E-state index in [1.54, 1.807) is 12.1 Å². The highest BCUT2D eigenvalue weighted by Crippen LogP contribution is 2.34. The van der Waals surface area contributed by atoms with Crippen molar-refractivity contribution in [1.82, 2.24) is 5.32 Å². The van der Waals surface area contributed by atoms with Crippen molar-refractivity contribution < 1.29 is 4.79 Å². The number of benzene rings is 1. The minimum Gasteiger partial charge on any atom is -0.397 e. The van der Waals surface area contributed by atoms with Gasteiger partial charge in [-0.25, -0.2) is 0 Å². The van der Waals surface area contributed by atoms with Crippen LogP contribution < -0.4 is 16.4 Å². The molecule has 0 bridgehead atoms. The first-order chi connectivity index (χ1) is 9.52. The molecule has 4 N–H and O–H groups in total. The molecule has 1 aliphatic carbocycles. The first kappa shape index (κ1) is 14.7. The van der Waals surface area contributed by atoms with Gasteiger partial charge < -0.3 is 16.4 Å². The smallest absolute Gasteiger partial charge is 0.251 e. The lowest BCUT2D eigenvalue weighted by Gasteiger charge is -2.22. The Morgan fingerprint density at radius 2 is 2.10 bits per heavy atom. The molecule has 1 aromatic carbocycles. The van der Waals surface area contributed by atoms with Gasteiger partial charge in [-0.05, 0) is 49.8 Å². The Balaban J connectivity index is 2.15. The van der Waals surface area contributed by atoms with Gasteiger partial charge in [-0.2, -0.15) is 0 Å². The lowest BCUT2D eigenvalue weighted by molar-refractivity contribution is 0.0956. The Bertz CT molecular complexity index is 487. The number of hydrogen-bond donors (Lipinski definition) is 3. The van der Waals surface area contributed by atoms with E-state index in [1.165, 1.54) is 6.42 Å². The number of rotatable bonds is 4. The van der Waals surface area contributed by atoms with Gasteiger partial charge >= 0.3 is 0 Å². The number of nitrogen functional groups attached to an aromatic ring is 1. The molecule has 1 amide bonds. The SMILES string of the molecule is CCNC(=O)c1ccc(N)c(NC2CCC(C)C2C)c1. The number of carbonyl (C=O) groups excluding carboxylic acids is 1. The third kappa shape index (κ3) is 3.06. The van der Waals surface area contributed by atoms with E-state index >= 15 is 0 Å². The predicted molar refractivity (Wildman–Crippen MR) is 83.8 cm³/mol. The summed E-state index contributed by atoms with van der Waals surface area (Å²) in [5, 5.41) is 6.33. The highest BCUT2D eigenvalue weighted by atomic mass is 16.1. The van der Waals surface area contributed by atoms with Crippen molar-refractivity contribution in [1.29, 1.82) is 0 Å². The average molecular weight is 275 g/mol. The van der Waals surface area contributed by atoms with E-state index in [4.69, 9.17) is 5.73 Å². The van der Waals surface area contributed by atoms with E-state index in [-0.39, 0.29) is 5.91 Å². The van der Waals surface area contributed by atoms with E-state index in [1.807, 2.05) is 13.0 Å². The Morgan fingerprint density at radius 1 is 1.35 bits per heavy atom. The Kier molecular flexibility index (Phi) is 4.53. The monoisotopic (exact) mass is 275 g/mol. The number of anilines is 2. The maximum absolute atomic E-state index is 11.9. The first-order valence-corrected chi connectivity index (χ1v) is 7.47. The summed E-state index contributed by atoms with van der Waals surface area (Å²) in [7, 11) is 0. The number of hydrogen-bond acceptors (Lipinski definition) is 3. The normalized spacial score (nSPS) is 25.4. The Morgan fingerprint density at radius 3 is 2.70 bits per heavy atom. The molecule has 0 aliphatic heterocycles. The zero-order chi connectivity index (χ0) is 14.7. The molecular weight excluding hydrogens is 250 g/mol. The van der Waals surface area contributed by atoms with Gasteiger partial charge in [-0.1, -0.05) is 13.8 Å². The summed E-state index contributed by atoms with van der Waals surface area (Å²) in [6.45, 7) is 7.11. The van der Waals surface area contributed by atoms with Gasteiger partial charge in [0.25, 0.3) is 5.91 Å². The van der Waals surface area contributed by atoms with Crippen LogP contribution >= 0.6 is 0 Å². The number of nitrogens with one attached hydrogen (secondary N) is 2. The molecule has 0 saturated heterocycles. The van der Waals surface area contributed by atoms with Crippen LogP contribution in [0.4, 0.5) is 11.4 Å². The van der Waals surface area contributed by atoms with Crippen molar-refractivity contribution in [3.8, 4) is 0 Å². The van der Waals surface area contributed by atoms with Crippen molar-refractivity contribution in [2.24, 2.45) is 11.8 Å². The summed E-state index contributed by atoms with van der Waals surface area (Å²) in [5.41, 5.74) is 8.26. The molecule has 0 heterocycles. The van der Waals surface area contributed by atoms with Crippen molar-refractivity contribution in [2.75, 3.05) is 17.6 Å². The van der Waals surface area contributed by atoms with Gasteiger partial charge in [-0.15, -0.1) is 0 Å². The molecule has 1 saturated carbocycles. The quantitative estimate of drug-likeness (QED) is 0.740. The minimum atomic E-state index is -0.0524. The second-order valence-corrected chi connectivity index (χ2v) is 5.83. The lowest BCUT2D eigenvalue weighted by atomic mass is 9.97. The van der Waals surface area contributed by atoms with Crippen LogP contribution in [0.1, 0.15) is 44.0 Å². The Hall–Kier alpha value is -1.71. The van der Waals surface area contributed by atoms with Crippen molar-refractivity contribution >= 4 is 17.3 Å². The van der Waals surface area contributed by atoms with Gasteiger partial charge in [0.2, 0.25) is 0 Å². The highest BCUT2D eigenvalue weighted by Gasteiger charge is 2.29. The predicted octanol–water partition coefficient (Wildman–Crippen LogP) is 2.87. The fourth-order valence-corrected chi connectivity index (χ4v) is 2.85. The van der Waals surface area contributed by atoms with Gasteiger partial charge in [-0.3, -0.25) is 4.79 Å². The summed E-state index contributed by atoms with van der Waals surface area (Å²) in [4.78, 5) is 11.9. The zero-order valence-corrected chi connectivity index (χ0v) is 12.6. The van der Waals surface area contributed by atoms with Crippen LogP contribution in [0, 0.1) is 11.8 Å². The molecule has 0 spiro atoms. The van der Waals surface area contributed by atoms with Crippen LogP contribution in [0.2, 0.25) is 0 Å². The third-order valence-electron chi connectivity index (χ3n) is 4.46. The van der Waals surface area contributed by atoms with Gasteiger partial charge in [0, 0.05) is 18.2 Å². The fourth-order valence-electron chi connectivity index (χ4n) is 2.85. The molecule has 1 aliphatic rings. The first-order valence-electron chi connectivity index (χ1n) is 7.47. The average Bonchev–Trinajstić information content (AvgIpc) is 2.73. The van der Waals surface area contributed by atoms with E-state index in [0.717, 1.165) is 18.0 Å². The molecule has 110 valence electrons. The summed E-state index contributed by atoms with van der Waals surface area (Å²) < 4.78 is 0. The van der Waals surface area contributed by atoms with Gasteiger partial charge in [0.05, 0.1) is 11.4 Å². The van der Waals surface area contributed by atoms with Crippen LogP contribution in [0.15, 0.2) is 18.2 Å².